The second-order valence-electron chi connectivity index (χ2n) is 12.5. The first-order valence-electron chi connectivity index (χ1n) is 15.6. The van der Waals surface area contributed by atoms with Gasteiger partial charge in [0.2, 0.25) is 0 Å². The molecule has 1 N–H and O–H groups in total. The van der Waals surface area contributed by atoms with Crippen LogP contribution < -0.4 is 4.90 Å². The molecule has 0 aromatic heterocycles. The van der Waals surface area contributed by atoms with E-state index in [1.54, 1.807) is 0 Å². The molecule has 0 aliphatic carbocycles. The normalized spacial score (nSPS) is 13.3. The van der Waals surface area contributed by atoms with Crippen molar-refractivity contribution in [3.05, 3.63) is 150 Å². The highest BCUT2D eigenvalue weighted by atomic mass is 15.2. The number of anilines is 1. The summed E-state index contributed by atoms with van der Waals surface area (Å²) in [7, 11) is 0. The lowest BCUT2D eigenvalue weighted by molar-refractivity contribution is 0.571. The van der Waals surface area contributed by atoms with E-state index in [0.717, 1.165) is 44.9 Å². The van der Waals surface area contributed by atoms with E-state index < -0.39 is 5.54 Å². The molecule has 0 amide bonds. The molecule has 3 heteroatoms. The molecular weight excluding hydrogens is 534 g/mol. The fourth-order valence-corrected chi connectivity index (χ4v) is 5.83. The predicted octanol–water partition coefficient (Wildman–Crippen LogP) is 10.9. The third-order valence-electron chi connectivity index (χ3n) is 8.10. The average molecular weight is 578 g/mol. The molecule has 0 spiro atoms. The van der Waals surface area contributed by atoms with Crippen molar-refractivity contribution in [2.75, 3.05) is 4.90 Å². The zero-order chi connectivity index (χ0) is 31.5. The molecule has 222 valence electrons. The van der Waals surface area contributed by atoms with Gasteiger partial charge in [0.05, 0.1) is 11.2 Å². The van der Waals surface area contributed by atoms with Gasteiger partial charge in [-0.25, -0.2) is 0 Å². The Bertz CT molecular complexity index is 1790. The number of amidine groups is 2. The van der Waals surface area contributed by atoms with Crippen LogP contribution in [0.2, 0.25) is 0 Å². The standard InChI is InChI=1S/C39H37N3.C2H6/c1-38(2,3)29-24-25-35(33(26-29)28-18-10-7-11-19-28)42(37-32-22-14-15-23-34(32)39(4,5)41-37)36(40)31-21-13-12-20-30(31)27-16-8-6-9-17-27;1-2/h6-26,40H,1-5H3;1-2H3. The summed E-state index contributed by atoms with van der Waals surface area (Å²) in [5, 5.41) is 9.93. The maximum absolute atomic E-state index is 9.93. The Balaban J connectivity index is 0.00000188. The van der Waals surface area contributed by atoms with Gasteiger partial charge in [-0.3, -0.25) is 15.3 Å². The monoisotopic (exact) mass is 577 g/mol. The summed E-state index contributed by atoms with van der Waals surface area (Å²) < 4.78 is 0. The molecule has 5 aromatic rings. The molecule has 0 saturated heterocycles. The summed E-state index contributed by atoms with van der Waals surface area (Å²) in [5.74, 6) is 1.19. The SMILES string of the molecule is CC.CC(C)(C)c1ccc(N(C(=N)c2ccccc2-c2ccccc2)C2=NC(C)(C)c3ccccc32)c(-c2ccccc2)c1. The Labute approximate surface area is 263 Å². The fourth-order valence-electron chi connectivity index (χ4n) is 5.83. The van der Waals surface area contributed by atoms with Crippen molar-refractivity contribution in [2.45, 2.75) is 59.4 Å². The summed E-state index contributed by atoms with van der Waals surface area (Å²) in [6, 6.07) is 44.2. The van der Waals surface area contributed by atoms with E-state index >= 15 is 0 Å². The molecule has 0 fully saturated rings. The minimum Gasteiger partial charge on any atom is -0.283 e. The Morgan fingerprint density at radius 1 is 0.636 bits per heavy atom. The van der Waals surface area contributed by atoms with Gasteiger partial charge in [0.25, 0.3) is 0 Å². The quantitative estimate of drug-likeness (QED) is 0.167. The Morgan fingerprint density at radius 3 is 1.77 bits per heavy atom. The highest BCUT2D eigenvalue weighted by molar-refractivity contribution is 6.31. The molecule has 0 saturated carbocycles. The van der Waals surface area contributed by atoms with Gasteiger partial charge in [-0.2, -0.15) is 0 Å². The minimum absolute atomic E-state index is 0.0280. The highest BCUT2D eigenvalue weighted by Gasteiger charge is 2.37. The van der Waals surface area contributed by atoms with Crippen molar-refractivity contribution >= 4 is 17.4 Å². The largest absolute Gasteiger partial charge is 0.283 e. The van der Waals surface area contributed by atoms with E-state index in [0.29, 0.717) is 5.84 Å². The van der Waals surface area contributed by atoms with Crippen LogP contribution in [0.15, 0.2) is 132 Å². The average Bonchev–Trinajstić information content (AvgIpc) is 3.32. The molecule has 44 heavy (non-hydrogen) atoms. The van der Waals surface area contributed by atoms with Crippen LogP contribution in [0.3, 0.4) is 0 Å². The third kappa shape index (κ3) is 5.88. The number of aliphatic imine (C=N–C) groups is 1. The lowest BCUT2D eigenvalue weighted by Crippen LogP contribution is -2.38. The number of nitrogens with zero attached hydrogens (tertiary/aromatic N) is 2. The summed E-state index contributed by atoms with van der Waals surface area (Å²) in [5.41, 5.74) is 9.11. The molecule has 1 heterocycles. The lowest BCUT2D eigenvalue weighted by atomic mass is 9.84. The number of rotatable bonds is 4. The summed E-state index contributed by atoms with van der Waals surface area (Å²) >= 11 is 0. The number of hydrogen-bond acceptors (Lipinski definition) is 2. The van der Waals surface area contributed by atoms with Crippen molar-refractivity contribution in [1.82, 2.24) is 0 Å². The second-order valence-corrected chi connectivity index (χ2v) is 12.5. The molecule has 0 atom stereocenters. The van der Waals surface area contributed by atoms with Crippen LogP contribution in [0.5, 0.6) is 0 Å². The van der Waals surface area contributed by atoms with Gasteiger partial charge >= 0.3 is 0 Å². The van der Waals surface area contributed by atoms with Gasteiger partial charge in [-0.1, -0.05) is 150 Å². The number of nitrogens with one attached hydrogen (secondary N) is 1. The van der Waals surface area contributed by atoms with Crippen LogP contribution in [0.25, 0.3) is 22.3 Å². The first kappa shape index (κ1) is 30.7. The zero-order valence-electron chi connectivity index (χ0n) is 27.0. The van der Waals surface area contributed by atoms with Crippen molar-refractivity contribution < 1.29 is 0 Å². The number of fused-ring (bicyclic) bond motifs is 1. The number of benzene rings is 5. The van der Waals surface area contributed by atoms with Crippen molar-refractivity contribution in [3.63, 3.8) is 0 Å². The first-order valence-corrected chi connectivity index (χ1v) is 15.6. The Hall–Kier alpha value is -4.76. The van der Waals surface area contributed by atoms with Crippen molar-refractivity contribution in [3.8, 4) is 22.3 Å². The van der Waals surface area contributed by atoms with Crippen LogP contribution in [-0.2, 0) is 11.0 Å². The van der Waals surface area contributed by atoms with E-state index in [9.17, 15) is 5.41 Å². The van der Waals surface area contributed by atoms with Crippen molar-refractivity contribution in [1.29, 1.82) is 5.41 Å². The third-order valence-corrected chi connectivity index (χ3v) is 8.10. The maximum atomic E-state index is 9.93. The van der Waals surface area contributed by atoms with E-state index in [1.807, 2.05) is 50.2 Å². The molecule has 0 unspecified atom stereocenters. The number of hydrogen-bond donors (Lipinski definition) is 1. The fraction of sp³-hybridized carbons (Fsp3) is 0.220. The molecule has 5 aromatic carbocycles. The molecule has 0 bridgehead atoms. The van der Waals surface area contributed by atoms with Crippen LogP contribution in [0, 0.1) is 5.41 Å². The molecule has 1 aliphatic heterocycles. The van der Waals surface area contributed by atoms with Crippen LogP contribution in [0.1, 0.15) is 70.7 Å². The molecule has 0 radical (unpaired) electrons. The zero-order valence-corrected chi connectivity index (χ0v) is 27.0. The highest BCUT2D eigenvalue weighted by Crippen LogP contribution is 2.42. The first-order chi connectivity index (χ1) is 21.1. The van der Waals surface area contributed by atoms with E-state index in [-0.39, 0.29) is 5.41 Å². The molecule has 1 aliphatic rings. The molecule has 3 nitrogen and oxygen atoms in total. The van der Waals surface area contributed by atoms with E-state index in [2.05, 4.69) is 131 Å². The molecular formula is C41H43N3. The summed E-state index contributed by atoms with van der Waals surface area (Å²) in [6.45, 7) is 15.0. The topological polar surface area (TPSA) is 39.5 Å². The van der Waals surface area contributed by atoms with Gasteiger partial charge in [0.15, 0.2) is 0 Å². The predicted molar refractivity (Wildman–Crippen MR) is 189 cm³/mol. The molecule has 6 rings (SSSR count). The summed E-state index contributed by atoms with van der Waals surface area (Å²) in [4.78, 5) is 7.40. The second kappa shape index (κ2) is 12.5. The van der Waals surface area contributed by atoms with Crippen LogP contribution in [0.4, 0.5) is 5.69 Å². The summed E-state index contributed by atoms with van der Waals surface area (Å²) in [6.07, 6.45) is 0. The maximum Gasteiger partial charge on any atom is 0.142 e. The lowest BCUT2D eigenvalue weighted by Gasteiger charge is -2.31. The smallest absolute Gasteiger partial charge is 0.142 e. The van der Waals surface area contributed by atoms with Crippen LogP contribution >= 0.6 is 0 Å². The Morgan fingerprint density at radius 2 is 1.16 bits per heavy atom. The van der Waals surface area contributed by atoms with Crippen molar-refractivity contribution in [2.24, 2.45) is 4.99 Å². The van der Waals surface area contributed by atoms with Gasteiger partial charge < -0.3 is 0 Å². The Kier molecular flexibility index (Phi) is 8.69. The van der Waals surface area contributed by atoms with E-state index in [1.165, 1.54) is 11.1 Å². The van der Waals surface area contributed by atoms with E-state index in [4.69, 9.17) is 4.99 Å². The van der Waals surface area contributed by atoms with Gasteiger partial charge in [-0.15, -0.1) is 0 Å². The minimum atomic E-state index is -0.415. The van der Waals surface area contributed by atoms with Crippen LogP contribution in [-0.4, -0.2) is 11.7 Å². The van der Waals surface area contributed by atoms with Gasteiger partial charge in [0.1, 0.15) is 11.7 Å². The van der Waals surface area contributed by atoms with Gasteiger partial charge in [0, 0.05) is 16.7 Å². The van der Waals surface area contributed by atoms with Gasteiger partial charge in [-0.05, 0) is 59.2 Å².